The van der Waals surface area contributed by atoms with Gasteiger partial charge in [0.25, 0.3) is 5.91 Å². The fourth-order valence-electron chi connectivity index (χ4n) is 3.26. The number of aryl methyl sites for hydroxylation is 2. The Labute approximate surface area is 176 Å². The van der Waals surface area contributed by atoms with Gasteiger partial charge in [-0.2, -0.15) is 13.2 Å². The largest absolute Gasteiger partial charge is 0.456 e. The zero-order chi connectivity index (χ0) is 22.1. The molecule has 2 aromatic rings. The highest BCUT2D eigenvalue weighted by molar-refractivity contribution is 6.32. The van der Waals surface area contributed by atoms with Crippen molar-refractivity contribution in [3.63, 3.8) is 0 Å². The maximum absolute atomic E-state index is 13.0. The molecule has 0 aromatic heterocycles. The molecular formula is C21H19ClF3NO4. The first-order chi connectivity index (χ1) is 14.1. The third kappa shape index (κ3) is 4.87. The summed E-state index contributed by atoms with van der Waals surface area (Å²) < 4.78 is 49.8. The quantitative estimate of drug-likeness (QED) is 0.634. The van der Waals surface area contributed by atoms with Crippen molar-refractivity contribution < 1.29 is 32.2 Å². The van der Waals surface area contributed by atoms with E-state index < -0.39 is 29.8 Å². The Bertz CT molecular complexity index is 991. The van der Waals surface area contributed by atoms with Gasteiger partial charge in [-0.3, -0.25) is 10.1 Å². The lowest BCUT2D eigenvalue weighted by Gasteiger charge is -2.16. The van der Waals surface area contributed by atoms with Crippen LogP contribution in [0.4, 0.5) is 18.0 Å². The fraction of sp³-hybridized carbons (Fsp3) is 0.333. The predicted octanol–water partition coefficient (Wildman–Crippen LogP) is 5.59. The van der Waals surface area contributed by atoms with Crippen molar-refractivity contribution in [3.8, 4) is 11.5 Å². The van der Waals surface area contributed by atoms with Gasteiger partial charge in [0.05, 0.1) is 10.6 Å². The smallest absolute Gasteiger partial charge is 0.416 e. The molecule has 0 radical (unpaired) electrons. The van der Waals surface area contributed by atoms with Gasteiger partial charge in [-0.15, -0.1) is 0 Å². The summed E-state index contributed by atoms with van der Waals surface area (Å²) >= 11 is 6.01. The molecule has 0 bridgehead atoms. The number of imide groups is 1. The minimum Gasteiger partial charge on any atom is -0.456 e. The number of ether oxygens (including phenoxy) is 2. The molecule has 1 unspecified atom stereocenters. The highest BCUT2D eigenvalue weighted by Crippen LogP contribution is 2.39. The van der Waals surface area contributed by atoms with Crippen LogP contribution in [0.15, 0.2) is 30.3 Å². The molecule has 1 saturated heterocycles. The van der Waals surface area contributed by atoms with E-state index in [1.165, 1.54) is 13.0 Å². The average Bonchev–Trinajstić information content (AvgIpc) is 2.96. The molecule has 1 aliphatic rings. The van der Waals surface area contributed by atoms with Crippen LogP contribution in [0.25, 0.3) is 0 Å². The highest BCUT2D eigenvalue weighted by Gasteiger charge is 2.34. The molecular weight excluding hydrogens is 423 g/mol. The lowest BCUT2D eigenvalue weighted by molar-refractivity contribution is -0.138. The molecule has 1 N–H and O–H groups in total. The molecule has 160 valence electrons. The maximum atomic E-state index is 13.0. The van der Waals surface area contributed by atoms with Crippen molar-refractivity contribution in [2.24, 2.45) is 0 Å². The van der Waals surface area contributed by atoms with E-state index in [0.717, 1.165) is 23.6 Å². The molecule has 0 saturated carbocycles. The fourth-order valence-corrected chi connectivity index (χ4v) is 3.46. The van der Waals surface area contributed by atoms with Crippen molar-refractivity contribution >= 4 is 23.6 Å². The lowest BCUT2D eigenvalue weighted by Crippen LogP contribution is -2.26. The maximum Gasteiger partial charge on any atom is 0.416 e. The van der Waals surface area contributed by atoms with Gasteiger partial charge in [0.15, 0.2) is 6.10 Å². The van der Waals surface area contributed by atoms with E-state index in [4.69, 9.17) is 21.1 Å². The average molecular weight is 442 g/mol. The number of carbonyl (C=O) groups is 2. The van der Waals surface area contributed by atoms with Crippen LogP contribution in [-0.4, -0.2) is 18.1 Å². The molecule has 5 nitrogen and oxygen atoms in total. The molecule has 1 atom stereocenters. The highest BCUT2D eigenvalue weighted by atomic mass is 35.5. The van der Waals surface area contributed by atoms with Gasteiger partial charge < -0.3 is 9.47 Å². The zero-order valence-corrected chi connectivity index (χ0v) is 17.0. The number of cyclic esters (lactones) is 1. The van der Waals surface area contributed by atoms with E-state index in [-0.39, 0.29) is 22.8 Å². The third-order valence-electron chi connectivity index (χ3n) is 4.68. The second-order valence-electron chi connectivity index (χ2n) is 6.97. The zero-order valence-electron chi connectivity index (χ0n) is 16.2. The van der Waals surface area contributed by atoms with Crippen molar-refractivity contribution in [1.29, 1.82) is 0 Å². The first kappa shape index (κ1) is 22.0. The molecule has 30 heavy (non-hydrogen) atoms. The SMILES string of the molecule is CCCc1cc(Oc2cc(C)c(C(F)(F)F)cc2Cl)ccc1CC1OC(=O)NC1=O. The third-order valence-corrected chi connectivity index (χ3v) is 4.98. The van der Waals surface area contributed by atoms with Crippen LogP contribution in [-0.2, 0) is 28.5 Å². The van der Waals surface area contributed by atoms with E-state index in [0.29, 0.717) is 12.2 Å². The van der Waals surface area contributed by atoms with Gasteiger partial charge in [0.1, 0.15) is 11.5 Å². The molecule has 1 fully saturated rings. The van der Waals surface area contributed by atoms with Gasteiger partial charge in [-0.1, -0.05) is 31.0 Å². The number of nitrogens with one attached hydrogen (secondary N) is 1. The minimum absolute atomic E-state index is 0.00126. The Morgan fingerprint density at radius 2 is 1.90 bits per heavy atom. The summed E-state index contributed by atoms with van der Waals surface area (Å²) in [5, 5.41) is 1.94. The summed E-state index contributed by atoms with van der Waals surface area (Å²) in [6.07, 6.45) is -4.46. The van der Waals surface area contributed by atoms with E-state index >= 15 is 0 Å². The second-order valence-corrected chi connectivity index (χ2v) is 7.37. The van der Waals surface area contributed by atoms with Crippen LogP contribution >= 0.6 is 11.6 Å². The molecule has 0 aliphatic carbocycles. The molecule has 1 aliphatic heterocycles. The van der Waals surface area contributed by atoms with E-state index in [9.17, 15) is 22.8 Å². The number of alkyl halides is 3. The van der Waals surface area contributed by atoms with Crippen LogP contribution in [0.5, 0.6) is 11.5 Å². The van der Waals surface area contributed by atoms with Crippen LogP contribution in [0.2, 0.25) is 5.02 Å². The summed E-state index contributed by atoms with van der Waals surface area (Å²) in [5.41, 5.74) is 0.881. The van der Waals surface area contributed by atoms with Gasteiger partial charge >= 0.3 is 12.3 Å². The van der Waals surface area contributed by atoms with Crippen LogP contribution in [0.3, 0.4) is 0 Å². The molecule has 2 amide bonds. The summed E-state index contributed by atoms with van der Waals surface area (Å²) in [6, 6.07) is 7.22. The monoisotopic (exact) mass is 441 g/mol. The van der Waals surface area contributed by atoms with E-state index in [1.54, 1.807) is 18.2 Å². The second kappa shape index (κ2) is 8.55. The number of benzene rings is 2. The molecule has 2 aromatic carbocycles. The van der Waals surface area contributed by atoms with E-state index in [1.807, 2.05) is 6.92 Å². The topological polar surface area (TPSA) is 64.6 Å². The molecule has 1 heterocycles. The van der Waals surface area contributed by atoms with Gasteiger partial charge in [-0.25, -0.2) is 4.79 Å². The first-order valence-electron chi connectivity index (χ1n) is 9.27. The normalized spacial score (nSPS) is 16.4. The minimum atomic E-state index is -4.50. The van der Waals surface area contributed by atoms with Gasteiger partial charge in [-0.05, 0) is 54.3 Å². The summed E-state index contributed by atoms with van der Waals surface area (Å²) in [6.45, 7) is 3.32. The summed E-state index contributed by atoms with van der Waals surface area (Å²) in [5.74, 6) is 0.0207. The number of hydrogen-bond acceptors (Lipinski definition) is 4. The number of amides is 2. The Hall–Kier alpha value is -2.74. The lowest BCUT2D eigenvalue weighted by atomic mass is 9.98. The molecule has 3 rings (SSSR count). The first-order valence-corrected chi connectivity index (χ1v) is 9.64. The Morgan fingerprint density at radius 3 is 2.50 bits per heavy atom. The van der Waals surface area contributed by atoms with E-state index in [2.05, 4.69) is 5.32 Å². The number of halogens is 4. The van der Waals surface area contributed by atoms with Crippen molar-refractivity contribution in [2.45, 2.75) is 45.4 Å². The van der Waals surface area contributed by atoms with Crippen LogP contribution < -0.4 is 10.1 Å². The standard InChI is InChI=1S/C21H19ClF3NO4/c1-3-4-12-8-14(6-5-13(12)9-18-19(27)26-20(28)30-18)29-17-7-11(2)15(10-16(17)22)21(23,24)25/h5-8,10,18H,3-4,9H2,1-2H3,(H,26,27,28). The van der Waals surface area contributed by atoms with Crippen LogP contribution in [0.1, 0.15) is 35.6 Å². The molecule has 0 spiro atoms. The summed E-state index contributed by atoms with van der Waals surface area (Å²) in [4.78, 5) is 23.0. The Morgan fingerprint density at radius 1 is 1.17 bits per heavy atom. The number of rotatable bonds is 6. The van der Waals surface area contributed by atoms with Crippen molar-refractivity contribution in [3.05, 3.63) is 57.6 Å². The predicted molar refractivity (Wildman–Crippen MR) is 104 cm³/mol. The molecule has 9 heteroatoms. The number of hydrogen-bond donors (Lipinski definition) is 1. The Balaban J connectivity index is 1.85. The van der Waals surface area contributed by atoms with Gasteiger partial charge in [0, 0.05) is 6.42 Å². The number of alkyl carbamates (subject to hydrolysis) is 1. The summed E-state index contributed by atoms with van der Waals surface area (Å²) in [7, 11) is 0. The van der Waals surface area contributed by atoms with Gasteiger partial charge in [0.2, 0.25) is 0 Å². The van der Waals surface area contributed by atoms with Crippen LogP contribution in [0, 0.1) is 6.92 Å². The number of carbonyl (C=O) groups excluding carboxylic acids is 2. The Kier molecular flexibility index (Phi) is 6.26. The van der Waals surface area contributed by atoms with Crippen molar-refractivity contribution in [1.82, 2.24) is 5.32 Å². The van der Waals surface area contributed by atoms with Crippen molar-refractivity contribution in [2.75, 3.05) is 0 Å².